The highest BCUT2D eigenvalue weighted by Crippen LogP contribution is 2.21. The zero-order valence-corrected chi connectivity index (χ0v) is 12.7. The lowest BCUT2D eigenvalue weighted by Gasteiger charge is -2.22. The van der Waals surface area contributed by atoms with Gasteiger partial charge in [-0.2, -0.15) is 0 Å². The first-order valence-corrected chi connectivity index (χ1v) is 10.0. The second-order valence-electron chi connectivity index (χ2n) is 4.55. The molecule has 1 aliphatic heterocycles. The largest absolute Gasteiger partial charge is 0.326 e. The second-order valence-corrected chi connectivity index (χ2v) is 9.63. The molecule has 1 aliphatic rings. The van der Waals surface area contributed by atoms with Crippen LogP contribution in [0.25, 0.3) is 0 Å². The second kappa shape index (κ2) is 5.49. The third kappa shape index (κ3) is 3.76. The molecule has 9 heteroatoms. The van der Waals surface area contributed by atoms with E-state index >= 15 is 0 Å². The molecule has 1 atom stereocenters. The molecule has 0 bridgehead atoms. The van der Waals surface area contributed by atoms with E-state index in [1.807, 2.05) is 0 Å². The summed E-state index contributed by atoms with van der Waals surface area (Å²) < 4.78 is 49.8. The summed E-state index contributed by atoms with van der Waals surface area (Å²) in [6, 6.07) is 0.983. The molecular formula is C10H16N2O4S3. The Kier molecular flexibility index (Phi) is 4.31. The highest BCUT2D eigenvalue weighted by molar-refractivity contribution is 7.92. The van der Waals surface area contributed by atoms with E-state index in [1.54, 1.807) is 5.38 Å². The third-order valence-electron chi connectivity index (χ3n) is 2.92. The Balaban J connectivity index is 2.13. The van der Waals surface area contributed by atoms with Crippen molar-refractivity contribution in [1.29, 1.82) is 0 Å². The molecular weight excluding hydrogens is 308 g/mol. The zero-order chi connectivity index (χ0) is 14.1. The van der Waals surface area contributed by atoms with Gasteiger partial charge in [0.2, 0.25) is 10.0 Å². The number of hydrogen-bond acceptors (Lipinski definition) is 6. The average molecular weight is 324 g/mol. The fourth-order valence-corrected chi connectivity index (χ4v) is 6.25. The van der Waals surface area contributed by atoms with Gasteiger partial charge < -0.3 is 5.73 Å². The predicted octanol–water partition coefficient (Wildman–Crippen LogP) is 0.0623. The maximum Gasteiger partial charge on any atom is 0.250 e. The van der Waals surface area contributed by atoms with Gasteiger partial charge in [-0.3, -0.25) is 0 Å². The molecule has 2 rings (SSSR count). The van der Waals surface area contributed by atoms with Crippen molar-refractivity contribution in [1.82, 2.24) is 4.72 Å². The predicted molar refractivity (Wildman–Crippen MR) is 74.2 cm³/mol. The van der Waals surface area contributed by atoms with Gasteiger partial charge in [-0.05, 0) is 29.9 Å². The molecule has 2 heterocycles. The summed E-state index contributed by atoms with van der Waals surface area (Å²) in [5.74, 6) is 0.0168. The summed E-state index contributed by atoms with van der Waals surface area (Å²) >= 11 is 1.09. The van der Waals surface area contributed by atoms with Gasteiger partial charge in [-0.25, -0.2) is 21.6 Å². The van der Waals surface area contributed by atoms with Crippen molar-refractivity contribution in [2.75, 3.05) is 11.5 Å². The molecule has 0 amide bonds. The Hall–Kier alpha value is -0.480. The van der Waals surface area contributed by atoms with Gasteiger partial charge in [0.05, 0.1) is 11.5 Å². The smallest absolute Gasteiger partial charge is 0.250 e. The molecule has 0 saturated carbocycles. The van der Waals surface area contributed by atoms with E-state index in [0.717, 1.165) is 16.9 Å². The number of thiophene rings is 1. The van der Waals surface area contributed by atoms with Crippen LogP contribution in [-0.2, 0) is 26.4 Å². The molecule has 1 aromatic heterocycles. The van der Waals surface area contributed by atoms with Crippen LogP contribution in [0.4, 0.5) is 0 Å². The number of sulfonamides is 1. The van der Waals surface area contributed by atoms with Crippen LogP contribution in [0.5, 0.6) is 0 Å². The minimum atomic E-state index is -3.65. The molecule has 0 aromatic carbocycles. The van der Waals surface area contributed by atoms with Gasteiger partial charge in [-0.15, -0.1) is 11.3 Å². The molecule has 1 unspecified atom stereocenters. The van der Waals surface area contributed by atoms with E-state index in [2.05, 4.69) is 4.72 Å². The lowest BCUT2D eigenvalue weighted by Crippen LogP contribution is -2.42. The molecule has 1 saturated heterocycles. The first-order valence-electron chi connectivity index (χ1n) is 5.83. The van der Waals surface area contributed by atoms with Gasteiger partial charge in [0, 0.05) is 12.6 Å². The molecule has 0 aliphatic carbocycles. The van der Waals surface area contributed by atoms with Crippen LogP contribution < -0.4 is 10.5 Å². The molecule has 1 fully saturated rings. The molecule has 1 aromatic rings. The first-order chi connectivity index (χ1) is 8.82. The van der Waals surface area contributed by atoms with Crippen LogP contribution in [-0.4, -0.2) is 34.4 Å². The quantitative estimate of drug-likeness (QED) is 0.814. The Bertz CT molecular complexity index is 648. The number of nitrogens with two attached hydrogens (primary N) is 1. The fraction of sp³-hybridized carbons (Fsp3) is 0.600. The molecule has 6 nitrogen and oxygen atoms in total. The maximum atomic E-state index is 12.1. The summed E-state index contributed by atoms with van der Waals surface area (Å²) in [7, 11) is -6.78. The van der Waals surface area contributed by atoms with E-state index in [9.17, 15) is 16.8 Å². The van der Waals surface area contributed by atoms with Gasteiger partial charge in [-0.1, -0.05) is 0 Å². The van der Waals surface area contributed by atoms with E-state index in [0.29, 0.717) is 12.8 Å². The van der Waals surface area contributed by atoms with Gasteiger partial charge in [0.25, 0.3) is 0 Å². The average Bonchev–Trinajstić information content (AvgIpc) is 2.76. The van der Waals surface area contributed by atoms with Crippen LogP contribution in [0.15, 0.2) is 15.7 Å². The van der Waals surface area contributed by atoms with Gasteiger partial charge >= 0.3 is 0 Å². The van der Waals surface area contributed by atoms with Crippen LogP contribution in [0.2, 0.25) is 0 Å². The summed E-state index contributed by atoms with van der Waals surface area (Å²) in [5, 5.41) is 1.69. The molecule has 0 spiro atoms. The number of sulfone groups is 1. The Morgan fingerprint density at radius 1 is 1.47 bits per heavy atom. The normalized spacial score (nSPS) is 23.3. The SMILES string of the molecule is NCc1csc(S(=O)(=O)NC2CCCS(=O)(=O)C2)c1. The van der Waals surface area contributed by atoms with E-state index in [4.69, 9.17) is 5.73 Å². The van der Waals surface area contributed by atoms with E-state index < -0.39 is 25.9 Å². The van der Waals surface area contributed by atoms with Crippen LogP contribution >= 0.6 is 11.3 Å². The Labute approximate surface area is 117 Å². The molecule has 3 N–H and O–H groups in total. The minimum Gasteiger partial charge on any atom is -0.326 e. The van der Waals surface area contributed by atoms with Gasteiger partial charge in [0.1, 0.15) is 4.21 Å². The van der Waals surface area contributed by atoms with Gasteiger partial charge in [0.15, 0.2) is 9.84 Å². The van der Waals surface area contributed by atoms with Crippen molar-refractivity contribution in [3.8, 4) is 0 Å². The summed E-state index contributed by atoms with van der Waals surface area (Å²) in [6.45, 7) is 0.282. The fourth-order valence-electron chi connectivity index (χ4n) is 1.99. The molecule has 108 valence electrons. The Morgan fingerprint density at radius 2 is 2.21 bits per heavy atom. The first kappa shape index (κ1) is 14.9. The standard InChI is InChI=1S/C10H16N2O4S3/c11-5-8-4-10(17-6-8)19(15,16)12-9-2-1-3-18(13,14)7-9/h4,6,9,12H,1-3,5,7,11H2. The maximum absolute atomic E-state index is 12.1. The number of nitrogens with one attached hydrogen (secondary N) is 1. The summed E-state index contributed by atoms with van der Waals surface area (Å²) in [6.07, 6.45) is 1.04. The van der Waals surface area contributed by atoms with Crippen molar-refractivity contribution < 1.29 is 16.8 Å². The highest BCUT2D eigenvalue weighted by Gasteiger charge is 2.29. The number of hydrogen-bond donors (Lipinski definition) is 2. The third-order valence-corrected chi connectivity index (χ3v) is 7.74. The van der Waals surface area contributed by atoms with Crippen molar-refractivity contribution in [2.24, 2.45) is 5.73 Å². The summed E-state index contributed by atoms with van der Waals surface area (Å²) in [4.78, 5) is 0. The molecule has 19 heavy (non-hydrogen) atoms. The van der Waals surface area contributed by atoms with Crippen molar-refractivity contribution in [3.63, 3.8) is 0 Å². The Morgan fingerprint density at radius 3 is 2.79 bits per heavy atom. The topological polar surface area (TPSA) is 106 Å². The zero-order valence-electron chi connectivity index (χ0n) is 10.2. The van der Waals surface area contributed by atoms with Crippen molar-refractivity contribution in [2.45, 2.75) is 29.6 Å². The van der Waals surface area contributed by atoms with E-state index in [-0.39, 0.29) is 22.3 Å². The number of rotatable bonds is 4. The van der Waals surface area contributed by atoms with E-state index in [1.165, 1.54) is 6.07 Å². The van der Waals surface area contributed by atoms with Crippen LogP contribution in [0.1, 0.15) is 18.4 Å². The lowest BCUT2D eigenvalue weighted by atomic mass is 10.2. The van der Waals surface area contributed by atoms with Crippen molar-refractivity contribution in [3.05, 3.63) is 17.0 Å². The van der Waals surface area contributed by atoms with Crippen molar-refractivity contribution >= 4 is 31.2 Å². The minimum absolute atomic E-state index is 0.124. The van der Waals surface area contributed by atoms with Crippen LogP contribution in [0, 0.1) is 0 Å². The summed E-state index contributed by atoms with van der Waals surface area (Å²) in [5.41, 5.74) is 6.19. The lowest BCUT2D eigenvalue weighted by molar-refractivity contribution is 0.518. The molecule has 0 radical (unpaired) electrons. The highest BCUT2D eigenvalue weighted by atomic mass is 32.2. The monoisotopic (exact) mass is 324 g/mol. The van der Waals surface area contributed by atoms with Crippen LogP contribution in [0.3, 0.4) is 0 Å².